The van der Waals surface area contributed by atoms with E-state index in [0.29, 0.717) is 11.3 Å². The van der Waals surface area contributed by atoms with Gasteiger partial charge in [0.2, 0.25) is 5.95 Å². The largest absolute Gasteiger partial charge is 0.361 e. The number of anilines is 1. The van der Waals surface area contributed by atoms with Gasteiger partial charge in [-0.25, -0.2) is 9.97 Å². The van der Waals surface area contributed by atoms with Crippen molar-refractivity contribution in [1.82, 2.24) is 15.0 Å². The summed E-state index contributed by atoms with van der Waals surface area (Å²) in [5.41, 5.74) is 4.19. The van der Waals surface area contributed by atoms with Crippen LogP contribution in [0.25, 0.3) is 10.9 Å². The van der Waals surface area contributed by atoms with Gasteiger partial charge in [-0.3, -0.25) is 0 Å². The van der Waals surface area contributed by atoms with Gasteiger partial charge >= 0.3 is 0 Å². The lowest BCUT2D eigenvalue weighted by Gasteiger charge is -2.39. The molecule has 0 spiro atoms. The molecular formula is C26H36N4. The first-order chi connectivity index (χ1) is 14.2. The molecule has 2 aromatic heterocycles. The van der Waals surface area contributed by atoms with Gasteiger partial charge < -0.3 is 9.88 Å². The molecule has 1 aliphatic heterocycles. The summed E-state index contributed by atoms with van der Waals surface area (Å²) in [5, 5.41) is 1.33. The van der Waals surface area contributed by atoms with Gasteiger partial charge in [0, 0.05) is 42.1 Å². The molecule has 0 amide bonds. The summed E-state index contributed by atoms with van der Waals surface area (Å²) in [7, 11) is 0. The van der Waals surface area contributed by atoms with Gasteiger partial charge in [0.1, 0.15) is 0 Å². The summed E-state index contributed by atoms with van der Waals surface area (Å²) in [5.74, 6) is 1.60. The van der Waals surface area contributed by atoms with Crippen LogP contribution in [0.1, 0.15) is 58.7 Å². The number of nitrogens with one attached hydrogen (secondary N) is 1. The van der Waals surface area contributed by atoms with Gasteiger partial charge in [0.05, 0.1) is 0 Å². The van der Waals surface area contributed by atoms with Crippen molar-refractivity contribution in [1.29, 1.82) is 0 Å². The number of hydrogen-bond acceptors (Lipinski definition) is 3. The molecule has 30 heavy (non-hydrogen) atoms. The highest BCUT2D eigenvalue weighted by molar-refractivity contribution is 5.83. The lowest BCUT2D eigenvalue weighted by Crippen LogP contribution is -2.41. The van der Waals surface area contributed by atoms with Gasteiger partial charge in [0.15, 0.2) is 0 Å². The van der Waals surface area contributed by atoms with Gasteiger partial charge in [-0.2, -0.15) is 0 Å². The van der Waals surface area contributed by atoms with Crippen LogP contribution < -0.4 is 4.90 Å². The molecule has 4 nitrogen and oxygen atoms in total. The monoisotopic (exact) mass is 404 g/mol. The predicted octanol–water partition coefficient (Wildman–Crippen LogP) is 6.03. The lowest BCUT2D eigenvalue weighted by atomic mass is 9.76. The zero-order valence-corrected chi connectivity index (χ0v) is 19.2. The lowest BCUT2D eigenvalue weighted by molar-refractivity contribution is 0.207. The van der Waals surface area contributed by atoms with Crippen LogP contribution in [0, 0.1) is 16.7 Å². The molecule has 0 aliphatic carbocycles. The number of para-hydroxylation sites is 1. The first-order valence-corrected chi connectivity index (χ1v) is 11.3. The highest BCUT2D eigenvalue weighted by Crippen LogP contribution is 2.34. The maximum Gasteiger partial charge on any atom is 0.225 e. The topological polar surface area (TPSA) is 44.8 Å². The number of benzene rings is 1. The van der Waals surface area contributed by atoms with E-state index in [9.17, 15) is 0 Å². The summed E-state index contributed by atoms with van der Waals surface area (Å²) in [6.45, 7) is 13.9. The van der Waals surface area contributed by atoms with Crippen molar-refractivity contribution in [3.63, 3.8) is 0 Å². The number of H-pyrrole nitrogens is 1. The molecular weight excluding hydrogens is 368 g/mol. The fourth-order valence-corrected chi connectivity index (χ4v) is 4.85. The number of fused-ring (bicyclic) bond motifs is 1. The molecule has 1 aromatic carbocycles. The predicted molar refractivity (Wildman–Crippen MR) is 126 cm³/mol. The average Bonchev–Trinajstić information content (AvgIpc) is 3.09. The standard InChI is InChI=1S/C26H36N4/c1-25(2,3)20-9-8-14-30(18-20)24-27-13-12-21(29-24)16-26(4,5)15-19-17-28-23-11-7-6-10-22(19)23/h6-7,10-13,17,20,28H,8-9,14-16,18H2,1-5H3. The molecule has 1 saturated heterocycles. The minimum absolute atomic E-state index is 0.117. The fraction of sp³-hybridized carbons (Fsp3) is 0.538. The third-order valence-electron chi connectivity index (χ3n) is 6.63. The van der Waals surface area contributed by atoms with Crippen LogP contribution in [-0.4, -0.2) is 28.0 Å². The van der Waals surface area contributed by atoms with E-state index in [-0.39, 0.29) is 5.41 Å². The SMILES string of the molecule is CC(C)(Cc1ccnc(N2CCCC(C(C)(C)C)C2)n1)Cc1c[nH]c2ccccc12. The maximum absolute atomic E-state index is 5.00. The molecule has 0 radical (unpaired) electrons. The van der Waals surface area contributed by atoms with Crippen LogP contribution in [0.3, 0.4) is 0 Å². The smallest absolute Gasteiger partial charge is 0.225 e. The molecule has 160 valence electrons. The Kier molecular flexibility index (Phi) is 5.61. The number of rotatable bonds is 5. The van der Waals surface area contributed by atoms with E-state index in [1.165, 1.54) is 29.3 Å². The van der Waals surface area contributed by atoms with E-state index < -0.39 is 0 Å². The Labute approximate surface area is 181 Å². The Balaban J connectivity index is 1.48. The Morgan fingerprint density at radius 3 is 2.67 bits per heavy atom. The number of hydrogen-bond donors (Lipinski definition) is 1. The van der Waals surface area contributed by atoms with Crippen LogP contribution in [0.5, 0.6) is 0 Å². The first-order valence-electron chi connectivity index (χ1n) is 11.3. The molecule has 0 bridgehead atoms. The quantitative estimate of drug-likeness (QED) is 0.564. The van der Waals surface area contributed by atoms with Gasteiger partial charge in [-0.15, -0.1) is 0 Å². The number of aromatic amines is 1. The molecule has 1 fully saturated rings. The van der Waals surface area contributed by atoms with Gasteiger partial charge in [0.25, 0.3) is 0 Å². The minimum atomic E-state index is 0.117. The van der Waals surface area contributed by atoms with Crippen LogP contribution in [-0.2, 0) is 12.8 Å². The normalized spacial score (nSPS) is 18.2. The van der Waals surface area contributed by atoms with Crippen molar-refractivity contribution in [2.75, 3.05) is 18.0 Å². The highest BCUT2D eigenvalue weighted by atomic mass is 15.3. The zero-order chi connectivity index (χ0) is 21.4. The molecule has 1 unspecified atom stereocenters. The summed E-state index contributed by atoms with van der Waals surface area (Å²) in [6.07, 6.45) is 8.60. The van der Waals surface area contributed by atoms with Crippen molar-refractivity contribution in [3.05, 3.63) is 54.0 Å². The Morgan fingerprint density at radius 1 is 1.07 bits per heavy atom. The van der Waals surface area contributed by atoms with E-state index in [2.05, 4.69) is 86.0 Å². The van der Waals surface area contributed by atoms with Crippen molar-refractivity contribution in [2.24, 2.45) is 16.7 Å². The molecule has 1 aliphatic rings. The van der Waals surface area contributed by atoms with E-state index in [1.54, 1.807) is 0 Å². The van der Waals surface area contributed by atoms with Crippen LogP contribution in [0.4, 0.5) is 5.95 Å². The van der Waals surface area contributed by atoms with Crippen molar-refractivity contribution < 1.29 is 0 Å². The number of aromatic nitrogens is 3. The Bertz CT molecular complexity index is 995. The van der Waals surface area contributed by atoms with Crippen LogP contribution >= 0.6 is 0 Å². The average molecular weight is 405 g/mol. The zero-order valence-electron chi connectivity index (χ0n) is 19.2. The number of nitrogens with zero attached hydrogens (tertiary/aromatic N) is 3. The first kappa shape index (κ1) is 20.9. The second-order valence-corrected chi connectivity index (χ2v) is 10.9. The molecule has 4 rings (SSSR count). The second-order valence-electron chi connectivity index (χ2n) is 10.9. The molecule has 3 heterocycles. The molecule has 4 heteroatoms. The molecule has 3 aromatic rings. The van der Waals surface area contributed by atoms with Gasteiger partial charge in [-0.05, 0) is 60.1 Å². The highest BCUT2D eigenvalue weighted by Gasteiger charge is 2.31. The molecule has 1 atom stereocenters. The summed E-state index contributed by atoms with van der Waals surface area (Å²) < 4.78 is 0. The van der Waals surface area contributed by atoms with Crippen molar-refractivity contribution in [2.45, 2.75) is 60.3 Å². The van der Waals surface area contributed by atoms with Crippen LogP contribution in [0.15, 0.2) is 42.7 Å². The van der Waals surface area contributed by atoms with Crippen molar-refractivity contribution in [3.8, 4) is 0 Å². The summed E-state index contributed by atoms with van der Waals surface area (Å²) in [4.78, 5) is 15.4. The van der Waals surface area contributed by atoms with E-state index >= 15 is 0 Å². The van der Waals surface area contributed by atoms with E-state index in [1.807, 2.05) is 6.20 Å². The second kappa shape index (κ2) is 8.05. The Hall–Kier alpha value is -2.36. The van der Waals surface area contributed by atoms with E-state index in [4.69, 9.17) is 4.98 Å². The van der Waals surface area contributed by atoms with Gasteiger partial charge in [-0.1, -0.05) is 52.8 Å². The third-order valence-corrected chi connectivity index (χ3v) is 6.63. The third kappa shape index (κ3) is 4.69. The fourth-order valence-electron chi connectivity index (χ4n) is 4.85. The summed E-state index contributed by atoms with van der Waals surface area (Å²) in [6, 6.07) is 10.6. The summed E-state index contributed by atoms with van der Waals surface area (Å²) >= 11 is 0. The number of piperidine rings is 1. The Morgan fingerprint density at radius 2 is 1.87 bits per heavy atom. The van der Waals surface area contributed by atoms with Crippen molar-refractivity contribution >= 4 is 16.9 Å². The van der Waals surface area contributed by atoms with E-state index in [0.717, 1.165) is 37.6 Å². The maximum atomic E-state index is 5.00. The molecule has 1 N–H and O–H groups in total. The van der Waals surface area contributed by atoms with Crippen LogP contribution in [0.2, 0.25) is 0 Å². The molecule has 0 saturated carbocycles. The minimum Gasteiger partial charge on any atom is -0.361 e.